The van der Waals surface area contributed by atoms with Crippen LogP contribution in [-0.4, -0.2) is 35.9 Å². The Hall–Kier alpha value is -3.26. The first-order valence-corrected chi connectivity index (χ1v) is 7.83. The van der Waals surface area contributed by atoms with Crippen LogP contribution in [0.15, 0.2) is 47.2 Å². The highest BCUT2D eigenvalue weighted by molar-refractivity contribution is 6.31. The van der Waals surface area contributed by atoms with Gasteiger partial charge in [0, 0.05) is 31.4 Å². The van der Waals surface area contributed by atoms with Gasteiger partial charge in [0.2, 0.25) is 5.90 Å². The summed E-state index contributed by atoms with van der Waals surface area (Å²) in [6.07, 6.45) is 2.89. The Kier molecular flexibility index (Phi) is 4.68. The fraction of sp³-hybridized carbons (Fsp3) is 0.118. The maximum absolute atomic E-state index is 12.0. The number of nitro benzene ring substituents is 1. The maximum Gasteiger partial charge on any atom is 0.363 e. The van der Waals surface area contributed by atoms with Crippen molar-refractivity contribution in [1.29, 1.82) is 0 Å². The first-order valence-electron chi connectivity index (χ1n) is 7.45. The monoisotopic (exact) mass is 372 g/mol. The van der Waals surface area contributed by atoms with Gasteiger partial charge in [-0.05, 0) is 29.8 Å². The Morgan fingerprint density at radius 2 is 2.04 bits per heavy atom. The minimum atomic E-state index is -0.666. The van der Waals surface area contributed by atoms with E-state index < -0.39 is 10.9 Å². The zero-order valence-electron chi connectivity index (χ0n) is 13.8. The SMILES string of the molecule is CN(C)c1ccc(/C=C2\N=C(c3cc(Cl)ccn3)OC2=O)cc1[N+](=O)[O-]. The molecular weight excluding hydrogens is 360 g/mol. The van der Waals surface area contributed by atoms with Gasteiger partial charge in [-0.2, -0.15) is 0 Å². The third-order valence-electron chi connectivity index (χ3n) is 3.54. The van der Waals surface area contributed by atoms with Crippen molar-refractivity contribution in [3.05, 3.63) is 68.6 Å². The first kappa shape index (κ1) is 17.6. The zero-order valence-corrected chi connectivity index (χ0v) is 14.6. The van der Waals surface area contributed by atoms with Gasteiger partial charge in [-0.25, -0.2) is 9.79 Å². The van der Waals surface area contributed by atoms with Crippen LogP contribution in [0.25, 0.3) is 6.08 Å². The summed E-state index contributed by atoms with van der Waals surface area (Å²) in [6.45, 7) is 0. The van der Waals surface area contributed by atoms with Gasteiger partial charge in [0.1, 0.15) is 11.4 Å². The second-order valence-electron chi connectivity index (χ2n) is 5.60. The number of cyclic esters (lactones) is 1. The van der Waals surface area contributed by atoms with Crippen molar-refractivity contribution < 1.29 is 14.5 Å². The van der Waals surface area contributed by atoms with Crippen LogP contribution in [0.2, 0.25) is 5.02 Å². The smallest absolute Gasteiger partial charge is 0.363 e. The Balaban J connectivity index is 1.98. The molecule has 2 heterocycles. The van der Waals surface area contributed by atoms with Gasteiger partial charge in [-0.15, -0.1) is 0 Å². The Labute approximate surface area is 153 Å². The molecule has 0 saturated heterocycles. The van der Waals surface area contributed by atoms with Crippen LogP contribution in [0.3, 0.4) is 0 Å². The molecule has 26 heavy (non-hydrogen) atoms. The molecule has 0 aliphatic carbocycles. The van der Waals surface area contributed by atoms with Crippen molar-refractivity contribution in [1.82, 2.24) is 4.98 Å². The van der Waals surface area contributed by atoms with E-state index >= 15 is 0 Å². The summed E-state index contributed by atoms with van der Waals surface area (Å²) in [6, 6.07) is 7.75. The third-order valence-corrected chi connectivity index (χ3v) is 3.78. The number of pyridine rings is 1. The highest BCUT2D eigenvalue weighted by Crippen LogP contribution is 2.29. The van der Waals surface area contributed by atoms with Crippen molar-refractivity contribution in [2.24, 2.45) is 4.99 Å². The third kappa shape index (κ3) is 3.55. The molecule has 1 aromatic heterocycles. The number of nitrogens with zero attached hydrogens (tertiary/aromatic N) is 4. The summed E-state index contributed by atoms with van der Waals surface area (Å²) in [5.74, 6) is -0.635. The number of hydrogen-bond acceptors (Lipinski definition) is 7. The Morgan fingerprint density at radius 1 is 1.27 bits per heavy atom. The van der Waals surface area contributed by atoms with Gasteiger partial charge in [-0.3, -0.25) is 15.1 Å². The summed E-state index contributed by atoms with van der Waals surface area (Å²) < 4.78 is 5.11. The van der Waals surface area contributed by atoms with Crippen molar-refractivity contribution >= 4 is 40.9 Å². The topological polar surface area (TPSA) is 97.9 Å². The van der Waals surface area contributed by atoms with E-state index in [1.54, 1.807) is 37.2 Å². The van der Waals surface area contributed by atoms with Crippen LogP contribution < -0.4 is 4.90 Å². The molecule has 0 amide bonds. The number of aromatic nitrogens is 1. The number of anilines is 1. The summed E-state index contributed by atoms with van der Waals surface area (Å²) in [5.41, 5.74) is 1.19. The van der Waals surface area contributed by atoms with E-state index in [4.69, 9.17) is 16.3 Å². The molecule has 0 radical (unpaired) electrons. The molecule has 2 aromatic rings. The predicted molar refractivity (Wildman–Crippen MR) is 97.3 cm³/mol. The van der Waals surface area contributed by atoms with Gasteiger partial charge in [0.15, 0.2) is 5.70 Å². The zero-order chi connectivity index (χ0) is 18.8. The van der Waals surface area contributed by atoms with E-state index in [0.29, 0.717) is 22.0 Å². The summed E-state index contributed by atoms with van der Waals surface area (Å²) in [7, 11) is 3.42. The van der Waals surface area contributed by atoms with Crippen molar-refractivity contribution in [3.63, 3.8) is 0 Å². The second kappa shape index (κ2) is 6.93. The summed E-state index contributed by atoms with van der Waals surface area (Å²) in [4.78, 5) is 32.6. The predicted octanol–water partition coefficient (Wildman–Crippen LogP) is 3.05. The molecule has 0 bridgehead atoms. The maximum atomic E-state index is 12.0. The van der Waals surface area contributed by atoms with Gasteiger partial charge < -0.3 is 9.64 Å². The van der Waals surface area contributed by atoms with Crippen molar-refractivity contribution in [2.45, 2.75) is 0 Å². The lowest BCUT2D eigenvalue weighted by Gasteiger charge is -2.12. The number of nitro groups is 1. The van der Waals surface area contributed by atoms with Crippen LogP contribution in [0, 0.1) is 10.1 Å². The summed E-state index contributed by atoms with van der Waals surface area (Å²) >= 11 is 5.90. The molecule has 0 unspecified atom stereocenters. The fourth-order valence-electron chi connectivity index (χ4n) is 2.35. The van der Waals surface area contributed by atoms with Gasteiger partial charge >= 0.3 is 5.97 Å². The van der Waals surface area contributed by atoms with E-state index in [1.165, 1.54) is 24.4 Å². The Bertz CT molecular complexity index is 969. The van der Waals surface area contributed by atoms with E-state index in [9.17, 15) is 14.9 Å². The molecule has 3 rings (SSSR count). The second-order valence-corrected chi connectivity index (χ2v) is 6.03. The average molecular weight is 373 g/mol. The minimum absolute atomic E-state index is 0.0219. The number of halogens is 1. The largest absolute Gasteiger partial charge is 0.400 e. The number of carbonyl (C=O) groups is 1. The molecule has 0 saturated carbocycles. The molecule has 8 nitrogen and oxygen atoms in total. The molecule has 1 aromatic carbocycles. The molecule has 0 fully saturated rings. The summed E-state index contributed by atoms with van der Waals surface area (Å²) in [5, 5.41) is 11.7. The number of esters is 1. The van der Waals surface area contributed by atoms with Crippen LogP contribution in [0.4, 0.5) is 11.4 Å². The molecule has 0 spiro atoms. The lowest BCUT2D eigenvalue weighted by Crippen LogP contribution is -2.11. The van der Waals surface area contributed by atoms with Crippen molar-refractivity contribution in [2.75, 3.05) is 19.0 Å². The number of hydrogen-bond donors (Lipinski definition) is 0. The van der Waals surface area contributed by atoms with Gasteiger partial charge in [0.25, 0.3) is 5.69 Å². The molecule has 1 aliphatic rings. The molecular formula is C17H13ClN4O4. The lowest BCUT2D eigenvalue weighted by molar-refractivity contribution is -0.384. The number of carbonyl (C=O) groups excluding carboxylic acids is 1. The van der Waals surface area contributed by atoms with Crippen LogP contribution >= 0.6 is 11.6 Å². The number of ether oxygens (including phenoxy) is 1. The quantitative estimate of drug-likeness (QED) is 0.354. The highest BCUT2D eigenvalue weighted by atomic mass is 35.5. The van der Waals surface area contributed by atoms with Crippen LogP contribution in [0.1, 0.15) is 11.3 Å². The molecule has 1 aliphatic heterocycles. The lowest BCUT2D eigenvalue weighted by atomic mass is 10.1. The van der Waals surface area contributed by atoms with Gasteiger partial charge in [0.05, 0.1) is 4.92 Å². The number of aliphatic imine (C=N–C) groups is 1. The van der Waals surface area contributed by atoms with Crippen molar-refractivity contribution in [3.8, 4) is 0 Å². The van der Waals surface area contributed by atoms with Gasteiger partial charge in [-0.1, -0.05) is 17.7 Å². The minimum Gasteiger partial charge on any atom is -0.400 e. The van der Waals surface area contributed by atoms with E-state index in [1.807, 2.05) is 0 Å². The normalized spacial score (nSPS) is 15.0. The molecule has 0 atom stereocenters. The highest BCUT2D eigenvalue weighted by Gasteiger charge is 2.25. The van der Waals surface area contributed by atoms with E-state index in [0.717, 1.165) is 0 Å². The van der Waals surface area contributed by atoms with E-state index in [-0.39, 0.29) is 17.3 Å². The molecule has 0 N–H and O–H groups in total. The Morgan fingerprint density at radius 3 is 2.69 bits per heavy atom. The average Bonchev–Trinajstić information content (AvgIpc) is 2.95. The molecule has 9 heteroatoms. The fourth-order valence-corrected chi connectivity index (χ4v) is 2.51. The van der Waals surface area contributed by atoms with E-state index in [2.05, 4.69) is 9.98 Å². The van der Waals surface area contributed by atoms with Crippen LogP contribution in [0.5, 0.6) is 0 Å². The first-order chi connectivity index (χ1) is 12.3. The standard InChI is InChI=1S/C17H13ClN4O4/c1-21(2)14-4-3-10(8-15(14)22(24)25)7-13-17(23)26-16(20-13)12-9-11(18)5-6-19-12/h3-9H,1-2H3/b13-7-. The molecule has 132 valence electrons. The van der Waals surface area contributed by atoms with Crippen LogP contribution in [-0.2, 0) is 9.53 Å². The number of rotatable bonds is 4. The number of benzene rings is 1.